The maximum Gasteiger partial charge on any atom is 0.456 e. The lowest BCUT2D eigenvalue weighted by Gasteiger charge is -2.56. The summed E-state index contributed by atoms with van der Waals surface area (Å²) in [6.07, 6.45) is -3.61. The Morgan fingerprint density at radius 2 is 1.77 bits per heavy atom. The largest absolute Gasteiger partial charge is 0.480 e. The fourth-order valence-electron chi connectivity index (χ4n) is 8.01. The fourth-order valence-corrected chi connectivity index (χ4v) is 8.01. The minimum Gasteiger partial charge on any atom is -0.480 e. The van der Waals surface area contributed by atoms with Crippen LogP contribution in [-0.2, 0) is 14.3 Å². The van der Waals surface area contributed by atoms with Crippen LogP contribution < -0.4 is 0 Å². The Labute approximate surface area is 229 Å². The number of carboxylic acids is 1. The molecule has 0 heterocycles. The van der Waals surface area contributed by atoms with Crippen LogP contribution in [0, 0.1) is 17.3 Å². The van der Waals surface area contributed by atoms with E-state index in [1.54, 1.807) is 37.3 Å². The molecule has 0 bridgehead atoms. The number of benzene rings is 1. The number of ketones is 1. The molecule has 0 amide bonds. The molecule has 10 heteroatoms. The Hall–Kier alpha value is -2.59. The van der Waals surface area contributed by atoms with E-state index in [0.717, 1.165) is 16.7 Å². The summed E-state index contributed by atoms with van der Waals surface area (Å²) in [6.45, 7) is 2.60. The third-order valence-corrected chi connectivity index (χ3v) is 10.0. The van der Waals surface area contributed by atoms with Gasteiger partial charge in [-0.2, -0.15) is 22.0 Å². The summed E-state index contributed by atoms with van der Waals surface area (Å²) in [5, 5.41) is 20.2. The van der Waals surface area contributed by atoms with Gasteiger partial charge in [-0.1, -0.05) is 36.8 Å². The van der Waals surface area contributed by atoms with Crippen LogP contribution in [0.15, 0.2) is 47.1 Å². The summed E-state index contributed by atoms with van der Waals surface area (Å²) in [7, 11) is 0. The number of ether oxygens (including phenoxy) is 1. The first-order valence-electron chi connectivity index (χ1n) is 13.7. The number of carboxylic acid groups (broad SMARTS) is 1. The van der Waals surface area contributed by atoms with E-state index in [1.165, 1.54) is 6.92 Å². The molecule has 40 heavy (non-hydrogen) atoms. The number of hydrogen-bond acceptors (Lipinski definition) is 4. The summed E-state index contributed by atoms with van der Waals surface area (Å²) in [4.78, 5) is 23.1. The number of alkyl halides is 5. The van der Waals surface area contributed by atoms with Crippen molar-refractivity contribution >= 4 is 11.8 Å². The Morgan fingerprint density at radius 3 is 2.40 bits per heavy atom. The zero-order valence-electron chi connectivity index (χ0n) is 22.4. The summed E-state index contributed by atoms with van der Waals surface area (Å²) >= 11 is 0. The number of halogens is 5. The topological polar surface area (TPSA) is 83.8 Å². The number of allylic oxidation sites excluding steroid dienone is 4. The van der Waals surface area contributed by atoms with Gasteiger partial charge in [-0.05, 0) is 85.6 Å². The molecule has 1 unspecified atom stereocenters. The van der Waals surface area contributed by atoms with Crippen molar-refractivity contribution in [1.29, 1.82) is 0 Å². The average Bonchev–Trinajstić information content (AvgIpc) is 3.17. The second-order valence-electron chi connectivity index (χ2n) is 12.0. The van der Waals surface area contributed by atoms with Crippen molar-refractivity contribution in [3.05, 3.63) is 58.2 Å². The number of rotatable bonds is 6. The minimum atomic E-state index is -5.90. The maximum absolute atomic E-state index is 15.1. The van der Waals surface area contributed by atoms with Crippen molar-refractivity contribution in [2.45, 2.75) is 88.5 Å². The molecule has 4 aliphatic rings. The van der Waals surface area contributed by atoms with Crippen LogP contribution in [0.1, 0.15) is 81.9 Å². The quantitative estimate of drug-likeness (QED) is 0.374. The Kier molecular flexibility index (Phi) is 7.05. The van der Waals surface area contributed by atoms with Crippen molar-refractivity contribution in [3.8, 4) is 0 Å². The van der Waals surface area contributed by atoms with E-state index >= 15 is 8.78 Å². The van der Waals surface area contributed by atoms with E-state index in [0.29, 0.717) is 36.8 Å². The SMILES string of the molecule is CC(OCC(=O)O)c1ccc([C@H]2C[C@@]3(C)[C@@H](CC[C@@]3(O)C(F)(F)C(F)(F)F)[C@@H]3CCC4=CC(=O)CCC4=C32)cc1. The molecule has 0 aliphatic heterocycles. The zero-order valence-corrected chi connectivity index (χ0v) is 22.4. The predicted octanol–water partition coefficient (Wildman–Crippen LogP) is 6.68. The van der Waals surface area contributed by atoms with Gasteiger partial charge in [-0.15, -0.1) is 0 Å². The Balaban J connectivity index is 1.60. The van der Waals surface area contributed by atoms with E-state index < -0.39 is 60.1 Å². The van der Waals surface area contributed by atoms with Crippen LogP contribution in [-0.4, -0.2) is 46.3 Å². The van der Waals surface area contributed by atoms with E-state index in [4.69, 9.17) is 9.84 Å². The standard InChI is InChI=1S/C30H33F5O5/c1-16(40-15-25(37)38)17-3-5-18(6-4-17)23-14-27(2)24(11-12-28(27,39)29(31,32)30(33,34)35)22-9-7-19-13-20(36)8-10-21(19)26(22)23/h3-6,13,16,22-24,39H,7-12,14-15H2,1-2H3,(H,37,38)/t16?,22-,23+,24-,27-,28-/m0/s1. The molecule has 0 spiro atoms. The van der Waals surface area contributed by atoms with Gasteiger partial charge in [-0.3, -0.25) is 4.79 Å². The highest BCUT2D eigenvalue weighted by molar-refractivity contribution is 5.93. The van der Waals surface area contributed by atoms with Crippen molar-refractivity contribution in [3.63, 3.8) is 0 Å². The zero-order chi connectivity index (χ0) is 29.3. The molecule has 2 saturated carbocycles. The van der Waals surface area contributed by atoms with Gasteiger partial charge < -0.3 is 14.9 Å². The first kappa shape index (κ1) is 28.9. The molecule has 1 aromatic carbocycles. The number of aliphatic carboxylic acids is 1. The lowest BCUT2D eigenvalue weighted by Crippen LogP contribution is -2.65. The maximum atomic E-state index is 15.1. The molecule has 218 valence electrons. The first-order valence-corrected chi connectivity index (χ1v) is 13.7. The van der Waals surface area contributed by atoms with Gasteiger partial charge in [0, 0.05) is 17.8 Å². The Morgan fingerprint density at radius 1 is 1.10 bits per heavy atom. The second-order valence-corrected chi connectivity index (χ2v) is 12.0. The van der Waals surface area contributed by atoms with Crippen LogP contribution >= 0.6 is 0 Å². The normalized spacial score (nSPS) is 33.1. The predicted molar refractivity (Wildman–Crippen MR) is 135 cm³/mol. The van der Waals surface area contributed by atoms with Gasteiger partial charge in [0.2, 0.25) is 0 Å². The molecular formula is C30H33F5O5. The third-order valence-electron chi connectivity index (χ3n) is 10.0. The lowest BCUT2D eigenvalue weighted by molar-refractivity contribution is -0.362. The van der Waals surface area contributed by atoms with E-state index in [9.17, 15) is 27.9 Å². The van der Waals surface area contributed by atoms with Crippen molar-refractivity contribution < 1.29 is 46.5 Å². The number of carbonyl (C=O) groups excluding carboxylic acids is 1. The summed E-state index contributed by atoms with van der Waals surface area (Å²) in [6, 6.07) is 7.03. The molecular weight excluding hydrogens is 535 g/mol. The van der Waals surface area contributed by atoms with Gasteiger partial charge in [-0.25, -0.2) is 4.79 Å². The molecule has 1 aromatic rings. The third kappa shape index (κ3) is 4.33. The van der Waals surface area contributed by atoms with Crippen molar-refractivity contribution in [2.75, 3.05) is 6.61 Å². The highest BCUT2D eigenvalue weighted by Gasteiger charge is 2.79. The van der Waals surface area contributed by atoms with Crippen LogP contribution in [0.5, 0.6) is 0 Å². The summed E-state index contributed by atoms with van der Waals surface area (Å²) in [5.41, 5.74) is -0.657. The monoisotopic (exact) mass is 568 g/mol. The van der Waals surface area contributed by atoms with Gasteiger partial charge >= 0.3 is 18.1 Å². The Bertz CT molecular complexity index is 1270. The second kappa shape index (κ2) is 9.76. The van der Waals surface area contributed by atoms with Crippen LogP contribution in [0.3, 0.4) is 0 Å². The van der Waals surface area contributed by atoms with Crippen LogP contribution in [0.25, 0.3) is 0 Å². The number of hydrogen-bond donors (Lipinski definition) is 2. The molecule has 0 radical (unpaired) electrons. The molecule has 5 rings (SSSR count). The van der Waals surface area contributed by atoms with Gasteiger partial charge in [0.05, 0.1) is 6.10 Å². The number of carbonyl (C=O) groups is 2. The van der Waals surface area contributed by atoms with Crippen LogP contribution in [0.4, 0.5) is 22.0 Å². The van der Waals surface area contributed by atoms with Gasteiger partial charge in [0.15, 0.2) is 5.78 Å². The molecule has 0 saturated heterocycles. The number of aliphatic hydroxyl groups is 1. The first-order chi connectivity index (χ1) is 18.6. The van der Waals surface area contributed by atoms with Crippen molar-refractivity contribution in [2.24, 2.45) is 17.3 Å². The summed E-state index contributed by atoms with van der Waals surface area (Å²) < 4.78 is 76.6. The van der Waals surface area contributed by atoms with Gasteiger partial charge in [0.1, 0.15) is 12.2 Å². The molecule has 6 atom stereocenters. The van der Waals surface area contributed by atoms with E-state index in [-0.39, 0.29) is 24.5 Å². The smallest absolute Gasteiger partial charge is 0.456 e. The average molecular weight is 569 g/mol. The highest BCUT2D eigenvalue weighted by Crippen LogP contribution is 2.70. The fraction of sp³-hybridized carbons (Fsp3) is 0.600. The van der Waals surface area contributed by atoms with Crippen molar-refractivity contribution in [1.82, 2.24) is 0 Å². The highest BCUT2D eigenvalue weighted by atomic mass is 19.4. The molecule has 0 aromatic heterocycles. The summed E-state index contributed by atoms with van der Waals surface area (Å²) in [5.74, 6) is -7.76. The molecule has 5 nitrogen and oxygen atoms in total. The molecule has 2 N–H and O–H groups in total. The number of fused-ring (bicyclic) bond motifs is 4. The van der Waals surface area contributed by atoms with Crippen LogP contribution in [0.2, 0.25) is 0 Å². The molecule has 4 aliphatic carbocycles. The van der Waals surface area contributed by atoms with E-state index in [1.807, 2.05) is 0 Å². The molecule has 2 fully saturated rings. The van der Waals surface area contributed by atoms with Gasteiger partial charge in [0.25, 0.3) is 0 Å². The minimum absolute atomic E-state index is 0.0229. The van der Waals surface area contributed by atoms with E-state index in [2.05, 4.69) is 0 Å². The lowest BCUT2D eigenvalue weighted by atomic mass is 9.50.